The summed E-state index contributed by atoms with van der Waals surface area (Å²) in [6, 6.07) is 6.86. The summed E-state index contributed by atoms with van der Waals surface area (Å²) < 4.78 is 19.8. The second-order valence-electron chi connectivity index (χ2n) is 5.30. The number of rotatable bonds is 5. The lowest BCUT2D eigenvalue weighted by Gasteiger charge is -2.37. The van der Waals surface area contributed by atoms with Gasteiger partial charge in [0.2, 0.25) is 0 Å². The average Bonchev–Trinajstić information content (AvgIpc) is 3.02. The van der Waals surface area contributed by atoms with Gasteiger partial charge in [0.15, 0.2) is 0 Å². The van der Waals surface area contributed by atoms with Crippen LogP contribution in [-0.2, 0) is 15.1 Å². The van der Waals surface area contributed by atoms with Gasteiger partial charge in [-0.3, -0.25) is 0 Å². The van der Waals surface area contributed by atoms with E-state index in [0.29, 0.717) is 24.7 Å². The summed E-state index contributed by atoms with van der Waals surface area (Å²) in [4.78, 5) is 12.2. The van der Waals surface area contributed by atoms with Crippen LogP contribution in [0.4, 0.5) is 4.39 Å². The van der Waals surface area contributed by atoms with E-state index in [1.807, 2.05) is 26.1 Å². The van der Waals surface area contributed by atoms with Crippen molar-refractivity contribution in [2.24, 2.45) is 5.92 Å². The molecule has 0 unspecified atom stereocenters. The van der Waals surface area contributed by atoms with Gasteiger partial charge in [0.1, 0.15) is 12.1 Å². The second kappa shape index (κ2) is 9.66. The number of nitrogens with zero attached hydrogens (tertiary/aromatic N) is 1. The summed E-state index contributed by atoms with van der Waals surface area (Å²) in [7, 11) is 1.85. The van der Waals surface area contributed by atoms with E-state index >= 15 is 0 Å². The summed E-state index contributed by atoms with van der Waals surface area (Å²) in [5.74, 6) is 0.350. The Kier molecular flexibility index (Phi) is 8.24. The van der Waals surface area contributed by atoms with E-state index in [4.69, 9.17) is 16.1 Å². The van der Waals surface area contributed by atoms with E-state index < -0.39 is 5.54 Å². The number of thioether (sulfide) groups is 1. The Balaban J connectivity index is 0.000000816. The molecule has 0 spiro atoms. The Hall–Kier alpha value is -1.42. The van der Waals surface area contributed by atoms with Crippen molar-refractivity contribution in [3.8, 4) is 0 Å². The standard InChI is InChI=1S/C15H19FN2OS.C2H4O/c1-15(18-3,11-6-4-5-7-13(11)16)12-8-19-9-14(12)20-10-17-2;1-2-3/h4-7,12,14,18H,8-10H2,1,3H3;2H,1H3/t12-,14-,15+;/m0./s1. The highest BCUT2D eigenvalue weighted by molar-refractivity contribution is 8.00. The topological polar surface area (TPSA) is 42.7 Å². The first-order chi connectivity index (χ1) is 11.0. The number of hydrogen-bond donors (Lipinski definition) is 1. The molecular formula is C17H23FN2O2S. The Morgan fingerprint density at radius 3 is 2.74 bits per heavy atom. The summed E-state index contributed by atoms with van der Waals surface area (Å²) in [5, 5.41) is 3.48. The molecule has 0 bridgehead atoms. The van der Waals surface area contributed by atoms with Gasteiger partial charge >= 0.3 is 0 Å². The van der Waals surface area contributed by atoms with Crippen molar-refractivity contribution in [3.63, 3.8) is 0 Å². The van der Waals surface area contributed by atoms with E-state index in [-0.39, 0.29) is 17.0 Å². The normalized spacial score (nSPS) is 22.4. The Bertz CT molecular complexity index is 550. The van der Waals surface area contributed by atoms with Crippen molar-refractivity contribution < 1.29 is 13.9 Å². The van der Waals surface area contributed by atoms with Crippen LogP contribution in [0.15, 0.2) is 24.3 Å². The molecule has 23 heavy (non-hydrogen) atoms. The molecule has 126 valence electrons. The van der Waals surface area contributed by atoms with Gasteiger partial charge < -0.3 is 19.7 Å². The second-order valence-corrected chi connectivity index (χ2v) is 6.50. The van der Waals surface area contributed by atoms with Crippen molar-refractivity contribution in [1.82, 2.24) is 5.32 Å². The zero-order valence-electron chi connectivity index (χ0n) is 13.7. The predicted octanol–water partition coefficient (Wildman–Crippen LogP) is 3.09. The molecule has 3 atom stereocenters. The van der Waals surface area contributed by atoms with Crippen LogP contribution in [0.1, 0.15) is 19.4 Å². The molecule has 0 saturated carbocycles. The van der Waals surface area contributed by atoms with Crippen LogP contribution in [0, 0.1) is 18.3 Å². The number of ether oxygens (including phenoxy) is 1. The minimum Gasteiger partial charge on any atom is -0.380 e. The first kappa shape index (κ1) is 19.6. The smallest absolute Gasteiger partial charge is 0.260 e. The van der Waals surface area contributed by atoms with Crippen molar-refractivity contribution in [1.29, 1.82) is 0 Å². The largest absolute Gasteiger partial charge is 0.380 e. The lowest BCUT2D eigenvalue weighted by molar-refractivity contribution is -0.106. The fourth-order valence-corrected chi connectivity index (χ4v) is 3.81. The van der Waals surface area contributed by atoms with Gasteiger partial charge in [0.25, 0.3) is 5.88 Å². The highest BCUT2D eigenvalue weighted by Gasteiger charge is 2.44. The van der Waals surface area contributed by atoms with Gasteiger partial charge in [0, 0.05) is 22.3 Å². The number of halogens is 1. The molecular weight excluding hydrogens is 315 g/mol. The number of carbonyl (C=O) groups excluding carboxylic acids is 1. The van der Waals surface area contributed by atoms with E-state index in [9.17, 15) is 4.39 Å². The minimum absolute atomic E-state index is 0.135. The van der Waals surface area contributed by atoms with E-state index in [0.717, 1.165) is 6.29 Å². The molecule has 0 aliphatic carbocycles. The molecule has 2 rings (SSSR count). The monoisotopic (exact) mass is 338 g/mol. The van der Waals surface area contributed by atoms with Crippen molar-refractivity contribution in [3.05, 3.63) is 47.1 Å². The van der Waals surface area contributed by atoms with Crippen LogP contribution < -0.4 is 5.32 Å². The van der Waals surface area contributed by atoms with Crippen LogP contribution in [-0.4, -0.2) is 37.7 Å². The van der Waals surface area contributed by atoms with Gasteiger partial charge in [0.05, 0.1) is 13.2 Å². The summed E-state index contributed by atoms with van der Waals surface area (Å²) in [6.07, 6.45) is 0.750. The molecule has 1 saturated heterocycles. The minimum atomic E-state index is -0.498. The van der Waals surface area contributed by atoms with E-state index in [2.05, 4.69) is 10.2 Å². The Morgan fingerprint density at radius 2 is 2.17 bits per heavy atom. The molecule has 0 radical (unpaired) electrons. The highest BCUT2D eigenvalue weighted by Crippen LogP contribution is 2.40. The molecule has 0 aromatic heterocycles. The maximum atomic E-state index is 14.2. The zero-order valence-corrected chi connectivity index (χ0v) is 14.5. The van der Waals surface area contributed by atoms with E-state index in [1.165, 1.54) is 13.0 Å². The van der Waals surface area contributed by atoms with Gasteiger partial charge in [-0.05, 0) is 27.0 Å². The first-order valence-electron chi connectivity index (χ1n) is 7.41. The van der Waals surface area contributed by atoms with Crippen LogP contribution >= 0.6 is 11.8 Å². The molecule has 4 nitrogen and oxygen atoms in total. The van der Waals surface area contributed by atoms with Crippen LogP contribution in [0.2, 0.25) is 0 Å². The maximum Gasteiger partial charge on any atom is 0.260 e. The highest BCUT2D eigenvalue weighted by atomic mass is 32.2. The molecule has 1 N–H and O–H groups in total. The lowest BCUT2D eigenvalue weighted by atomic mass is 9.78. The molecule has 1 aromatic rings. The number of nitrogens with one attached hydrogen (secondary N) is 1. The Labute approximate surface area is 141 Å². The van der Waals surface area contributed by atoms with Crippen molar-refractivity contribution in [2.45, 2.75) is 24.6 Å². The van der Waals surface area contributed by atoms with Gasteiger partial charge in [-0.15, -0.1) is 0 Å². The molecule has 1 heterocycles. The number of carbonyl (C=O) groups is 1. The fourth-order valence-electron chi connectivity index (χ4n) is 2.77. The average molecular weight is 338 g/mol. The predicted molar refractivity (Wildman–Crippen MR) is 91.7 cm³/mol. The van der Waals surface area contributed by atoms with Crippen LogP contribution in [0.3, 0.4) is 0 Å². The van der Waals surface area contributed by atoms with Crippen LogP contribution in [0.5, 0.6) is 0 Å². The van der Waals surface area contributed by atoms with E-state index in [1.54, 1.807) is 17.8 Å². The molecule has 1 aromatic carbocycles. The molecule has 1 aliphatic rings. The molecule has 1 aliphatic heterocycles. The number of aldehydes is 1. The van der Waals surface area contributed by atoms with Crippen LogP contribution in [0.25, 0.3) is 4.85 Å². The molecule has 1 fully saturated rings. The maximum absolute atomic E-state index is 14.2. The van der Waals surface area contributed by atoms with Crippen molar-refractivity contribution >= 4 is 18.0 Å². The summed E-state index contributed by atoms with van der Waals surface area (Å²) >= 11 is 1.59. The number of hydrogen-bond acceptors (Lipinski definition) is 4. The van der Waals surface area contributed by atoms with Gasteiger partial charge in [-0.25, -0.2) is 11.0 Å². The number of benzene rings is 1. The zero-order chi connectivity index (χ0) is 17.3. The quantitative estimate of drug-likeness (QED) is 0.662. The summed E-state index contributed by atoms with van der Waals surface area (Å²) in [6.45, 7) is 11.6. The first-order valence-corrected chi connectivity index (χ1v) is 8.46. The third-order valence-corrected chi connectivity index (χ3v) is 5.25. The third-order valence-electron chi connectivity index (χ3n) is 4.08. The van der Waals surface area contributed by atoms with Gasteiger partial charge in [-0.1, -0.05) is 30.0 Å². The Morgan fingerprint density at radius 1 is 1.52 bits per heavy atom. The molecule has 6 heteroatoms. The third kappa shape index (κ3) is 4.77. The lowest BCUT2D eigenvalue weighted by Crippen LogP contribution is -2.48. The van der Waals surface area contributed by atoms with Crippen molar-refractivity contribution in [2.75, 3.05) is 26.1 Å². The SMILES string of the molecule is CC=O.[C-]#[N+]CS[C@H]1COC[C@@H]1[C@](C)(NC)c1ccccc1F. The van der Waals surface area contributed by atoms with Gasteiger partial charge in [-0.2, -0.15) is 0 Å². The summed E-state index contributed by atoms with van der Waals surface area (Å²) in [5.41, 5.74) is 0.160. The fraction of sp³-hybridized carbons (Fsp3) is 0.529. The molecule has 0 amide bonds.